The average Bonchev–Trinajstić information content (AvgIpc) is 2.93. The van der Waals surface area contributed by atoms with Gasteiger partial charge in [-0.3, -0.25) is 4.90 Å². The Morgan fingerprint density at radius 1 is 1.32 bits per heavy atom. The molecule has 1 saturated carbocycles. The van der Waals surface area contributed by atoms with E-state index in [9.17, 15) is 5.11 Å². The summed E-state index contributed by atoms with van der Waals surface area (Å²) in [7, 11) is 0. The summed E-state index contributed by atoms with van der Waals surface area (Å²) in [6, 6.07) is 0. The number of aliphatic hydroxyl groups is 1. The van der Waals surface area contributed by atoms with Crippen LogP contribution in [0.5, 0.6) is 0 Å². The molecular weight excluding hydrogens is 256 g/mol. The Morgan fingerprint density at radius 2 is 2.16 bits per heavy atom. The zero-order valence-electron chi connectivity index (χ0n) is 11.6. The molecule has 1 aromatic rings. The first-order valence-electron chi connectivity index (χ1n) is 7.59. The summed E-state index contributed by atoms with van der Waals surface area (Å²) in [5.74, 6) is 0.584. The van der Waals surface area contributed by atoms with Crippen LogP contribution in [0.1, 0.15) is 55.9 Å². The third-order valence-electron chi connectivity index (χ3n) is 4.61. The molecule has 2 fully saturated rings. The molecule has 1 aromatic heterocycles. The molecule has 2 heterocycles. The van der Waals surface area contributed by atoms with Crippen LogP contribution in [0.2, 0.25) is 0 Å². The average molecular weight is 280 g/mol. The van der Waals surface area contributed by atoms with Gasteiger partial charge in [-0.15, -0.1) is 11.3 Å². The lowest BCUT2D eigenvalue weighted by Crippen LogP contribution is -2.47. The van der Waals surface area contributed by atoms with Gasteiger partial charge in [-0.2, -0.15) is 0 Å². The fourth-order valence-electron chi connectivity index (χ4n) is 3.62. The van der Waals surface area contributed by atoms with E-state index in [0.29, 0.717) is 5.92 Å². The number of hydrogen-bond acceptors (Lipinski definition) is 4. The number of hydrogen-bond donors (Lipinski definition) is 1. The molecule has 1 aliphatic heterocycles. The fourth-order valence-corrected chi connectivity index (χ4v) is 4.39. The maximum atomic E-state index is 10.7. The molecule has 1 saturated heterocycles. The highest BCUT2D eigenvalue weighted by Gasteiger charge is 2.33. The van der Waals surface area contributed by atoms with Gasteiger partial charge in [0.05, 0.1) is 10.6 Å². The topological polar surface area (TPSA) is 36.4 Å². The molecule has 0 spiro atoms. The van der Waals surface area contributed by atoms with Crippen LogP contribution in [-0.2, 0) is 0 Å². The monoisotopic (exact) mass is 280 g/mol. The minimum absolute atomic E-state index is 0.414. The highest BCUT2D eigenvalue weighted by atomic mass is 32.1. The van der Waals surface area contributed by atoms with E-state index in [2.05, 4.69) is 15.3 Å². The van der Waals surface area contributed by atoms with E-state index in [0.717, 1.165) is 32.5 Å². The van der Waals surface area contributed by atoms with Crippen molar-refractivity contribution in [2.45, 2.75) is 56.5 Å². The van der Waals surface area contributed by atoms with E-state index in [1.807, 2.05) is 6.20 Å². The minimum Gasteiger partial charge on any atom is -0.389 e. The molecule has 0 unspecified atom stereocenters. The summed E-state index contributed by atoms with van der Waals surface area (Å²) in [6.07, 6.45) is 10.1. The Labute approximate surface area is 119 Å². The molecule has 3 rings (SSSR count). The Kier molecular flexibility index (Phi) is 4.20. The van der Waals surface area contributed by atoms with Gasteiger partial charge >= 0.3 is 0 Å². The van der Waals surface area contributed by atoms with Gasteiger partial charge in [-0.05, 0) is 32.2 Å². The summed E-state index contributed by atoms with van der Waals surface area (Å²) in [4.78, 5) is 6.94. The van der Waals surface area contributed by atoms with Crippen molar-refractivity contribution >= 4 is 11.3 Å². The minimum atomic E-state index is -0.414. The number of thiazole rings is 1. The van der Waals surface area contributed by atoms with E-state index in [4.69, 9.17) is 0 Å². The fraction of sp³-hybridized carbons (Fsp3) is 0.800. The number of likely N-dealkylation sites (tertiary alicyclic amines) is 1. The van der Waals surface area contributed by atoms with E-state index in [1.165, 1.54) is 37.1 Å². The highest BCUT2D eigenvalue weighted by Crippen LogP contribution is 2.32. The third-order valence-corrected chi connectivity index (χ3v) is 5.55. The Morgan fingerprint density at radius 3 is 2.89 bits per heavy atom. The molecule has 0 bridgehead atoms. The quantitative estimate of drug-likeness (QED) is 0.924. The van der Waals surface area contributed by atoms with Crippen molar-refractivity contribution in [3.05, 3.63) is 16.6 Å². The highest BCUT2D eigenvalue weighted by molar-refractivity contribution is 7.09. The summed E-state index contributed by atoms with van der Waals surface area (Å²) in [6.45, 7) is 3.09. The third kappa shape index (κ3) is 3.36. The molecule has 1 atom stereocenters. The normalized spacial score (nSPS) is 28.4. The van der Waals surface area contributed by atoms with Gasteiger partial charge in [-0.1, -0.05) is 19.3 Å². The molecule has 1 aliphatic carbocycles. The van der Waals surface area contributed by atoms with Crippen LogP contribution in [0.25, 0.3) is 0 Å². The number of β-amino-alcohol motifs (C(OH)–C–C–N with tert-alkyl or cyclic N) is 1. The lowest BCUT2D eigenvalue weighted by Gasteiger charge is -2.40. The van der Waals surface area contributed by atoms with Crippen LogP contribution in [0.4, 0.5) is 0 Å². The van der Waals surface area contributed by atoms with Gasteiger partial charge in [0.15, 0.2) is 0 Å². The number of rotatable bonds is 3. The van der Waals surface area contributed by atoms with Crippen molar-refractivity contribution in [1.29, 1.82) is 0 Å². The summed E-state index contributed by atoms with van der Waals surface area (Å²) < 4.78 is 0. The first-order chi connectivity index (χ1) is 9.25. The van der Waals surface area contributed by atoms with Crippen molar-refractivity contribution in [2.75, 3.05) is 19.6 Å². The summed E-state index contributed by atoms with van der Waals surface area (Å²) >= 11 is 1.78. The predicted octanol–water partition coefficient (Wildman–Crippen LogP) is 3.02. The molecular formula is C15H24N2OS. The molecule has 1 N–H and O–H groups in total. The largest absolute Gasteiger partial charge is 0.389 e. The van der Waals surface area contributed by atoms with Gasteiger partial charge in [0.1, 0.15) is 0 Å². The molecule has 19 heavy (non-hydrogen) atoms. The van der Waals surface area contributed by atoms with Crippen LogP contribution < -0.4 is 0 Å². The summed E-state index contributed by atoms with van der Waals surface area (Å²) in [5, 5.41) is 14.0. The van der Waals surface area contributed by atoms with Crippen LogP contribution in [0, 0.1) is 0 Å². The molecule has 4 heteroatoms. The first kappa shape index (κ1) is 13.5. The number of piperidine rings is 1. The van der Waals surface area contributed by atoms with Gasteiger partial charge in [-0.25, -0.2) is 4.98 Å². The van der Waals surface area contributed by atoms with E-state index in [-0.39, 0.29) is 0 Å². The van der Waals surface area contributed by atoms with Crippen molar-refractivity contribution in [3.63, 3.8) is 0 Å². The Hall–Kier alpha value is -0.450. The van der Waals surface area contributed by atoms with E-state index >= 15 is 0 Å². The second-order valence-electron chi connectivity index (χ2n) is 6.23. The zero-order chi connectivity index (χ0) is 13.1. The van der Waals surface area contributed by atoms with Crippen molar-refractivity contribution < 1.29 is 5.11 Å². The van der Waals surface area contributed by atoms with Gasteiger partial charge in [0, 0.05) is 30.6 Å². The SMILES string of the molecule is OC1(CN2CCC[C@H](c3nccs3)C2)CCCCC1. The maximum Gasteiger partial charge on any atom is 0.0968 e. The van der Waals surface area contributed by atoms with Crippen LogP contribution in [0.15, 0.2) is 11.6 Å². The molecule has 0 aromatic carbocycles. The number of aromatic nitrogens is 1. The van der Waals surface area contributed by atoms with Gasteiger partial charge < -0.3 is 5.11 Å². The standard InChI is InChI=1S/C15H24N2OS/c18-15(6-2-1-3-7-15)12-17-9-4-5-13(11-17)14-16-8-10-19-14/h8,10,13,18H,1-7,9,11-12H2/t13-/m0/s1. The molecule has 106 valence electrons. The van der Waals surface area contributed by atoms with Crippen molar-refractivity contribution in [2.24, 2.45) is 0 Å². The molecule has 3 nitrogen and oxygen atoms in total. The maximum absolute atomic E-state index is 10.7. The van der Waals surface area contributed by atoms with Crippen LogP contribution >= 0.6 is 11.3 Å². The first-order valence-corrected chi connectivity index (χ1v) is 8.47. The van der Waals surface area contributed by atoms with Crippen molar-refractivity contribution in [1.82, 2.24) is 9.88 Å². The second kappa shape index (κ2) is 5.90. The summed E-state index contributed by atoms with van der Waals surface area (Å²) in [5.41, 5.74) is -0.414. The lowest BCUT2D eigenvalue weighted by molar-refractivity contribution is -0.0313. The molecule has 2 aliphatic rings. The molecule has 0 radical (unpaired) electrons. The Bertz CT molecular complexity index is 387. The van der Waals surface area contributed by atoms with Crippen molar-refractivity contribution in [3.8, 4) is 0 Å². The van der Waals surface area contributed by atoms with Crippen LogP contribution in [0.3, 0.4) is 0 Å². The Balaban J connectivity index is 1.59. The van der Waals surface area contributed by atoms with Gasteiger partial charge in [0.25, 0.3) is 0 Å². The molecule has 0 amide bonds. The number of nitrogens with zero attached hydrogens (tertiary/aromatic N) is 2. The lowest BCUT2D eigenvalue weighted by atomic mass is 9.84. The predicted molar refractivity (Wildman–Crippen MR) is 78.6 cm³/mol. The second-order valence-corrected chi connectivity index (χ2v) is 7.16. The zero-order valence-corrected chi connectivity index (χ0v) is 12.4. The van der Waals surface area contributed by atoms with E-state index < -0.39 is 5.60 Å². The van der Waals surface area contributed by atoms with E-state index in [1.54, 1.807) is 11.3 Å². The van der Waals surface area contributed by atoms with Gasteiger partial charge in [0.2, 0.25) is 0 Å². The smallest absolute Gasteiger partial charge is 0.0968 e. The van der Waals surface area contributed by atoms with Crippen LogP contribution in [-0.4, -0.2) is 40.2 Å².